The molecule has 5 nitrogen and oxygen atoms in total. The number of thioether (sulfide) groups is 1. The molecule has 1 atom stereocenters. The molecule has 1 saturated heterocycles. The van der Waals surface area contributed by atoms with Crippen molar-refractivity contribution in [2.24, 2.45) is 0 Å². The first kappa shape index (κ1) is 15.4. The second kappa shape index (κ2) is 6.22. The van der Waals surface area contributed by atoms with Gasteiger partial charge in [-0.3, -0.25) is 4.79 Å². The largest absolute Gasteiger partial charge is 0.382 e. The van der Waals surface area contributed by atoms with Crippen molar-refractivity contribution in [1.29, 1.82) is 0 Å². The minimum absolute atomic E-state index is 0.107. The molecule has 1 aromatic rings. The second-order valence-corrected chi connectivity index (χ2v) is 7.97. The van der Waals surface area contributed by atoms with Gasteiger partial charge < -0.3 is 16.0 Å². The van der Waals surface area contributed by atoms with E-state index in [9.17, 15) is 4.79 Å². The van der Waals surface area contributed by atoms with Crippen molar-refractivity contribution in [3.8, 4) is 0 Å². The molecule has 2 heterocycles. The van der Waals surface area contributed by atoms with E-state index in [0.717, 1.165) is 18.1 Å². The number of nitrogens with two attached hydrogens (primary N) is 1. The van der Waals surface area contributed by atoms with Crippen molar-refractivity contribution in [2.75, 3.05) is 36.5 Å². The molecule has 1 unspecified atom stereocenters. The van der Waals surface area contributed by atoms with Crippen molar-refractivity contribution in [3.05, 3.63) is 4.88 Å². The smallest absolute Gasteiger partial charge is 0.265 e. The van der Waals surface area contributed by atoms with E-state index in [-0.39, 0.29) is 10.7 Å². The molecule has 112 valence electrons. The molecule has 0 radical (unpaired) electrons. The fraction of sp³-hybridized carbons (Fsp3) is 0.692. The first-order valence-electron chi connectivity index (χ1n) is 6.85. The highest BCUT2D eigenvalue weighted by atomic mass is 32.2. The molecule has 1 aromatic heterocycles. The lowest BCUT2D eigenvalue weighted by Gasteiger charge is -2.22. The number of thiazole rings is 1. The van der Waals surface area contributed by atoms with Crippen molar-refractivity contribution >= 4 is 40.0 Å². The summed E-state index contributed by atoms with van der Waals surface area (Å²) < 4.78 is 0.165. The zero-order valence-electron chi connectivity index (χ0n) is 12.2. The zero-order valence-corrected chi connectivity index (χ0v) is 13.9. The van der Waals surface area contributed by atoms with Gasteiger partial charge in [0.15, 0.2) is 5.13 Å². The van der Waals surface area contributed by atoms with Gasteiger partial charge in [0.25, 0.3) is 5.91 Å². The lowest BCUT2D eigenvalue weighted by atomic mass is 10.1. The fourth-order valence-electron chi connectivity index (χ4n) is 2.11. The van der Waals surface area contributed by atoms with Crippen LogP contribution in [-0.2, 0) is 0 Å². The Labute approximate surface area is 128 Å². The predicted molar refractivity (Wildman–Crippen MR) is 87.9 cm³/mol. The molecule has 3 N–H and O–H groups in total. The Bertz CT molecular complexity index is 483. The molecule has 0 aromatic carbocycles. The highest BCUT2D eigenvalue weighted by Gasteiger charge is 2.30. The molecule has 1 amide bonds. The van der Waals surface area contributed by atoms with E-state index in [1.165, 1.54) is 23.5 Å². The van der Waals surface area contributed by atoms with Crippen molar-refractivity contribution in [3.63, 3.8) is 0 Å². The predicted octanol–water partition coefficient (Wildman–Crippen LogP) is 2.20. The number of hydrogen-bond donors (Lipinski definition) is 2. The highest BCUT2D eigenvalue weighted by Crippen LogP contribution is 2.37. The summed E-state index contributed by atoms with van der Waals surface area (Å²) in [4.78, 5) is 19.0. The minimum Gasteiger partial charge on any atom is -0.382 e. The Balaban J connectivity index is 2.00. The summed E-state index contributed by atoms with van der Waals surface area (Å²) in [5.74, 6) is 1.40. The molecule has 1 fully saturated rings. The van der Waals surface area contributed by atoms with Gasteiger partial charge in [0.2, 0.25) is 0 Å². The molecule has 0 bridgehead atoms. The number of carbonyl (C=O) groups is 1. The van der Waals surface area contributed by atoms with Gasteiger partial charge in [-0.1, -0.05) is 11.3 Å². The molecule has 1 aliphatic heterocycles. The lowest BCUT2D eigenvalue weighted by molar-refractivity contribution is 0.0954. The summed E-state index contributed by atoms with van der Waals surface area (Å²) in [7, 11) is 1.94. The van der Waals surface area contributed by atoms with Gasteiger partial charge in [-0.25, -0.2) is 4.98 Å². The fourth-order valence-corrected chi connectivity index (χ4v) is 4.28. The lowest BCUT2D eigenvalue weighted by Crippen LogP contribution is -2.36. The number of nitrogen functional groups attached to an aromatic ring is 1. The van der Waals surface area contributed by atoms with Crippen LogP contribution >= 0.6 is 23.1 Å². The van der Waals surface area contributed by atoms with Crippen LogP contribution in [0.4, 0.5) is 10.9 Å². The number of nitrogens with zero attached hydrogens (tertiary/aromatic N) is 2. The third kappa shape index (κ3) is 3.38. The van der Waals surface area contributed by atoms with Crippen LogP contribution in [0.2, 0.25) is 0 Å². The number of rotatable bonds is 5. The van der Waals surface area contributed by atoms with E-state index < -0.39 is 0 Å². The van der Waals surface area contributed by atoms with Crippen LogP contribution < -0.4 is 16.0 Å². The number of carbonyl (C=O) groups excluding carboxylic acids is 1. The number of aromatic nitrogens is 1. The normalized spacial score (nSPS) is 21.9. The minimum atomic E-state index is -0.107. The molecule has 20 heavy (non-hydrogen) atoms. The Morgan fingerprint density at radius 2 is 2.35 bits per heavy atom. The molecule has 1 aliphatic rings. The zero-order chi connectivity index (χ0) is 14.8. The van der Waals surface area contributed by atoms with Gasteiger partial charge in [-0.2, -0.15) is 11.8 Å². The van der Waals surface area contributed by atoms with Crippen LogP contribution in [0, 0.1) is 0 Å². The van der Waals surface area contributed by atoms with Gasteiger partial charge in [0, 0.05) is 24.9 Å². The summed E-state index contributed by atoms with van der Waals surface area (Å²) in [6.07, 6.45) is 2.38. The second-order valence-electron chi connectivity index (χ2n) is 5.31. The Kier molecular flexibility index (Phi) is 4.80. The quantitative estimate of drug-likeness (QED) is 0.872. The average molecular weight is 314 g/mol. The topological polar surface area (TPSA) is 71.2 Å². The van der Waals surface area contributed by atoms with E-state index in [2.05, 4.69) is 17.2 Å². The van der Waals surface area contributed by atoms with Crippen LogP contribution in [-0.4, -0.2) is 41.5 Å². The monoisotopic (exact) mass is 314 g/mol. The van der Waals surface area contributed by atoms with E-state index in [0.29, 0.717) is 17.2 Å². The SMILES string of the molecule is CCN(C)c1nc(N)c(C(=O)NCC2(C)CCCS2)s1. The molecular weight excluding hydrogens is 292 g/mol. The maximum Gasteiger partial charge on any atom is 0.265 e. The Morgan fingerprint density at radius 1 is 1.60 bits per heavy atom. The molecule has 0 saturated carbocycles. The first-order valence-corrected chi connectivity index (χ1v) is 8.65. The first-order chi connectivity index (χ1) is 9.45. The van der Waals surface area contributed by atoms with E-state index in [4.69, 9.17) is 5.73 Å². The average Bonchev–Trinajstić information content (AvgIpc) is 3.02. The Hall–Kier alpha value is -0.950. The van der Waals surface area contributed by atoms with Crippen LogP contribution in [0.3, 0.4) is 0 Å². The van der Waals surface area contributed by atoms with E-state index in [1.54, 1.807) is 0 Å². The number of amides is 1. The summed E-state index contributed by atoms with van der Waals surface area (Å²) in [5, 5.41) is 3.79. The third-order valence-corrected chi connectivity index (χ3v) is 6.29. The van der Waals surface area contributed by atoms with Crippen molar-refractivity contribution in [2.45, 2.75) is 31.4 Å². The van der Waals surface area contributed by atoms with E-state index >= 15 is 0 Å². The number of hydrogen-bond acceptors (Lipinski definition) is 6. The highest BCUT2D eigenvalue weighted by molar-refractivity contribution is 8.00. The summed E-state index contributed by atoms with van der Waals surface area (Å²) in [6.45, 7) is 5.77. The maximum absolute atomic E-state index is 12.2. The van der Waals surface area contributed by atoms with Crippen LogP contribution in [0.25, 0.3) is 0 Å². The molecule has 2 rings (SSSR count). The van der Waals surface area contributed by atoms with Crippen molar-refractivity contribution in [1.82, 2.24) is 10.3 Å². The van der Waals surface area contributed by atoms with Gasteiger partial charge in [0.05, 0.1) is 0 Å². The summed E-state index contributed by atoms with van der Waals surface area (Å²) in [5.41, 5.74) is 5.86. The van der Waals surface area contributed by atoms with Gasteiger partial charge in [-0.05, 0) is 32.4 Å². The van der Waals surface area contributed by atoms with Crippen LogP contribution in [0.1, 0.15) is 36.4 Å². The van der Waals surface area contributed by atoms with Gasteiger partial charge in [-0.15, -0.1) is 0 Å². The molecular formula is C13H22N4OS2. The standard InChI is InChI=1S/C13H22N4OS2/c1-4-17(3)12-16-10(14)9(20-12)11(18)15-8-13(2)6-5-7-19-13/h4-8,14H2,1-3H3,(H,15,18). The van der Waals surface area contributed by atoms with Gasteiger partial charge >= 0.3 is 0 Å². The summed E-state index contributed by atoms with van der Waals surface area (Å²) in [6, 6.07) is 0. The van der Waals surface area contributed by atoms with E-state index in [1.807, 2.05) is 30.6 Å². The molecule has 0 spiro atoms. The molecule has 7 heteroatoms. The maximum atomic E-state index is 12.2. The number of nitrogens with one attached hydrogen (secondary N) is 1. The summed E-state index contributed by atoms with van der Waals surface area (Å²) >= 11 is 3.29. The van der Waals surface area contributed by atoms with Gasteiger partial charge in [0.1, 0.15) is 10.7 Å². The number of anilines is 2. The Morgan fingerprint density at radius 3 is 2.95 bits per heavy atom. The third-order valence-electron chi connectivity index (χ3n) is 3.57. The molecule has 0 aliphatic carbocycles. The van der Waals surface area contributed by atoms with Crippen LogP contribution in [0.5, 0.6) is 0 Å². The van der Waals surface area contributed by atoms with Crippen LogP contribution in [0.15, 0.2) is 0 Å². The van der Waals surface area contributed by atoms with Crippen molar-refractivity contribution < 1.29 is 4.79 Å².